The van der Waals surface area contributed by atoms with Gasteiger partial charge in [0, 0.05) is 5.56 Å². The van der Waals surface area contributed by atoms with Crippen molar-refractivity contribution in [2.45, 2.75) is 45.9 Å². The van der Waals surface area contributed by atoms with E-state index in [-0.39, 0.29) is 17.8 Å². The summed E-state index contributed by atoms with van der Waals surface area (Å²) < 4.78 is 42.7. The van der Waals surface area contributed by atoms with Gasteiger partial charge in [0.05, 0.1) is 12.2 Å². The van der Waals surface area contributed by atoms with Gasteiger partial charge in [-0.1, -0.05) is 0 Å². The molecular weight excluding hydrogens is 270 g/mol. The van der Waals surface area contributed by atoms with E-state index in [2.05, 4.69) is 10.5 Å². The van der Waals surface area contributed by atoms with Crippen LogP contribution in [-0.2, 0) is 19.9 Å². The molecule has 6 heteroatoms. The molecule has 0 heterocycles. The third kappa shape index (κ3) is 4.07. The normalized spacial score (nSPS) is 12.5. The van der Waals surface area contributed by atoms with Crippen molar-refractivity contribution in [3.63, 3.8) is 0 Å². The maximum absolute atomic E-state index is 13.4. The van der Waals surface area contributed by atoms with Crippen LogP contribution in [-0.4, -0.2) is 22.7 Å². The van der Waals surface area contributed by atoms with Crippen LogP contribution in [0.2, 0.25) is 0 Å². The van der Waals surface area contributed by atoms with Gasteiger partial charge in [0.1, 0.15) is 0 Å². The van der Waals surface area contributed by atoms with Crippen molar-refractivity contribution in [3.05, 3.63) is 35.4 Å². The van der Waals surface area contributed by atoms with Crippen molar-refractivity contribution in [2.75, 3.05) is 0 Å². The Morgan fingerprint density at radius 2 is 1.53 bits per heavy atom. The van der Waals surface area contributed by atoms with Gasteiger partial charge in [-0.15, -0.1) is 0 Å². The van der Waals surface area contributed by atoms with Gasteiger partial charge in [0.25, 0.3) is 10.5 Å². The number of benzene rings is 1. The molecule has 0 aliphatic rings. The van der Waals surface area contributed by atoms with Crippen molar-refractivity contribution in [1.82, 2.24) is 0 Å². The molecular formula is C13H17F2O3Si. The smallest absolute Gasteiger partial charge is 0.302 e. The van der Waals surface area contributed by atoms with Crippen LogP contribution >= 0.6 is 0 Å². The summed E-state index contributed by atoms with van der Waals surface area (Å²) in [6, 6.07) is 3.33. The standard InChI is InChI=1S/C13H17F2O3Si/c1-8(2)16-13(18-19,17-9(3)4)10-5-6-11(14)12(15)7-10/h5-9H,1-4H3. The molecule has 0 aliphatic carbocycles. The second-order valence-corrected chi connectivity index (χ2v) is 4.82. The van der Waals surface area contributed by atoms with Crippen molar-refractivity contribution in [3.8, 4) is 0 Å². The molecule has 19 heavy (non-hydrogen) atoms. The van der Waals surface area contributed by atoms with Crippen molar-refractivity contribution in [2.24, 2.45) is 0 Å². The predicted octanol–water partition coefficient (Wildman–Crippen LogP) is 3.03. The molecule has 0 saturated heterocycles. The summed E-state index contributed by atoms with van der Waals surface area (Å²) in [6.45, 7) is 7.13. The van der Waals surface area contributed by atoms with E-state index in [9.17, 15) is 8.78 Å². The molecule has 3 radical (unpaired) electrons. The zero-order valence-corrected chi connectivity index (χ0v) is 12.4. The summed E-state index contributed by atoms with van der Waals surface area (Å²) in [5.41, 5.74) is 0.226. The molecule has 3 nitrogen and oxygen atoms in total. The molecule has 105 valence electrons. The maximum atomic E-state index is 13.4. The van der Waals surface area contributed by atoms with Crippen LogP contribution < -0.4 is 0 Å². The van der Waals surface area contributed by atoms with Crippen LogP contribution in [0.25, 0.3) is 0 Å². The van der Waals surface area contributed by atoms with E-state index < -0.39 is 17.6 Å². The Balaban J connectivity index is 3.22. The van der Waals surface area contributed by atoms with Gasteiger partial charge in [-0.3, -0.25) is 0 Å². The second-order valence-electron chi connectivity index (χ2n) is 4.62. The van der Waals surface area contributed by atoms with Gasteiger partial charge in [0.2, 0.25) is 0 Å². The van der Waals surface area contributed by atoms with Crippen molar-refractivity contribution in [1.29, 1.82) is 0 Å². The molecule has 0 saturated carbocycles. The summed E-state index contributed by atoms with van der Waals surface area (Å²) in [4.78, 5) is 0. The van der Waals surface area contributed by atoms with Gasteiger partial charge < -0.3 is 13.9 Å². The Kier molecular flexibility index (Phi) is 5.60. The van der Waals surface area contributed by atoms with Crippen LogP contribution in [0, 0.1) is 11.6 Å². The average Bonchev–Trinajstić information content (AvgIpc) is 2.30. The van der Waals surface area contributed by atoms with Crippen LogP contribution in [0.3, 0.4) is 0 Å². The average molecular weight is 287 g/mol. The van der Waals surface area contributed by atoms with Gasteiger partial charge in [-0.2, -0.15) is 0 Å². The lowest BCUT2D eigenvalue weighted by molar-refractivity contribution is -0.378. The number of hydrogen-bond donors (Lipinski definition) is 0. The monoisotopic (exact) mass is 287 g/mol. The number of ether oxygens (including phenoxy) is 2. The fraction of sp³-hybridized carbons (Fsp3) is 0.538. The van der Waals surface area contributed by atoms with E-state index in [1.54, 1.807) is 27.7 Å². The first-order valence-electron chi connectivity index (χ1n) is 5.96. The van der Waals surface area contributed by atoms with E-state index in [0.717, 1.165) is 12.1 Å². The SMILES string of the molecule is CC(C)OC(O[Si])(OC(C)C)c1ccc(F)c(F)c1. The Labute approximate surface area is 115 Å². The lowest BCUT2D eigenvalue weighted by Gasteiger charge is -2.35. The number of halogens is 2. The van der Waals surface area contributed by atoms with Crippen molar-refractivity contribution < 1.29 is 22.7 Å². The van der Waals surface area contributed by atoms with Crippen LogP contribution in [0.4, 0.5) is 8.78 Å². The van der Waals surface area contributed by atoms with E-state index in [1.807, 2.05) is 0 Å². The minimum Gasteiger partial charge on any atom is -0.367 e. The second kappa shape index (κ2) is 6.56. The first-order chi connectivity index (χ1) is 8.80. The summed E-state index contributed by atoms with van der Waals surface area (Å²) in [5, 5.41) is 0. The predicted molar refractivity (Wildman–Crippen MR) is 67.3 cm³/mol. The Bertz CT molecular complexity index is 414. The minimum atomic E-state index is -1.63. The van der Waals surface area contributed by atoms with E-state index >= 15 is 0 Å². The molecule has 1 aromatic rings. The molecule has 0 N–H and O–H groups in total. The molecule has 0 unspecified atom stereocenters. The molecule has 0 spiro atoms. The zero-order valence-electron chi connectivity index (χ0n) is 11.4. The van der Waals surface area contributed by atoms with Crippen LogP contribution in [0.1, 0.15) is 33.3 Å². The summed E-state index contributed by atoms with van der Waals surface area (Å²) in [7, 11) is 2.90. The molecule has 0 aromatic heterocycles. The quantitative estimate of drug-likeness (QED) is 0.594. The summed E-state index contributed by atoms with van der Waals surface area (Å²) in [6.07, 6.45) is -0.494. The molecule has 1 aromatic carbocycles. The van der Waals surface area contributed by atoms with E-state index in [4.69, 9.17) is 13.9 Å². The molecule has 0 amide bonds. The third-order valence-corrected chi connectivity index (χ3v) is 2.46. The van der Waals surface area contributed by atoms with Gasteiger partial charge in [0.15, 0.2) is 11.6 Å². The van der Waals surface area contributed by atoms with E-state index in [1.165, 1.54) is 6.07 Å². The first kappa shape index (κ1) is 16.2. The highest BCUT2D eigenvalue weighted by molar-refractivity contribution is 5.98. The van der Waals surface area contributed by atoms with E-state index in [0.29, 0.717) is 0 Å². The Morgan fingerprint density at radius 1 is 1.00 bits per heavy atom. The first-order valence-corrected chi connectivity index (χ1v) is 6.37. The fourth-order valence-electron chi connectivity index (χ4n) is 1.58. The Hall–Kier alpha value is -0.823. The molecule has 0 fully saturated rings. The fourth-order valence-corrected chi connectivity index (χ4v) is 1.79. The van der Waals surface area contributed by atoms with Crippen LogP contribution in [0.15, 0.2) is 18.2 Å². The maximum Gasteiger partial charge on any atom is 0.302 e. The molecule has 0 bridgehead atoms. The lowest BCUT2D eigenvalue weighted by atomic mass is 10.1. The summed E-state index contributed by atoms with van der Waals surface area (Å²) >= 11 is 0. The number of rotatable bonds is 6. The number of hydrogen-bond acceptors (Lipinski definition) is 3. The Morgan fingerprint density at radius 3 is 1.89 bits per heavy atom. The van der Waals surface area contributed by atoms with Crippen molar-refractivity contribution >= 4 is 10.5 Å². The van der Waals surface area contributed by atoms with Gasteiger partial charge in [-0.05, 0) is 45.9 Å². The van der Waals surface area contributed by atoms with Gasteiger partial charge >= 0.3 is 5.97 Å². The third-order valence-electron chi connectivity index (χ3n) is 2.19. The largest absolute Gasteiger partial charge is 0.367 e. The highest BCUT2D eigenvalue weighted by Gasteiger charge is 2.37. The molecule has 0 aliphatic heterocycles. The molecule has 0 atom stereocenters. The van der Waals surface area contributed by atoms with Crippen LogP contribution in [0.5, 0.6) is 0 Å². The highest BCUT2D eigenvalue weighted by Crippen LogP contribution is 2.31. The lowest BCUT2D eigenvalue weighted by Crippen LogP contribution is -2.40. The highest BCUT2D eigenvalue weighted by atomic mass is 28.2. The minimum absolute atomic E-state index is 0.226. The zero-order chi connectivity index (χ0) is 14.6. The van der Waals surface area contributed by atoms with Gasteiger partial charge in [-0.25, -0.2) is 8.78 Å². The molecule has 1 rings (SSSR count). The topological polar surface area (TPSA) is 27.7 Å². The summed E-state index contributed by atoms with van der Waals surface area (Å²) in [5.74, 6) is -3.57.